The number of benzene rings is 2. The normalized spacial score (nSPS) is 14.7. The Balaban J connectivity index is 0.000000284. The molecule has 4 heterocycles. The van der Waals surface area contributed by atoms with Crippen LogP contribution < -0.4 is 41.6 Å². The van der Waals surface area contributed by atoms with Crippen LogP contribution in [0.15, 0.2) is 41.6 Å². The van der Waals surface area contributed by atoms with Gasteiger partial charge in [-0.05, 0) is 107 Å². The highest BCUT2D eigenvalue weighted by atomic mass is 32.2. The number of anilines is 7. The third-order valence-corrected chi connectivity index (χ3v) is 12.5. The zero-order valence-electron chi connectivity index (χ0n) is 46.8. The molecule has 2 aromatic carbocycles. The third-order valence-electron chi connectivity index (χ3n) is 11.8. The second-order valence-corrected chi connectivity index (χ2v) is 22.5. The summed E-state index contributed by atoms with van der Waals surface area (Å²) in [5.41, 5.74) is 8.96. The summed E-state index contributed by atoms with van der Waals surface area (Å²) in [7, 11) is 9.38. The maximum absolute atomic E-state index is 12.3. The molecule has 2 saturated heterocycles. The van der Waals surface area contributed by atoms with Gasteiger partial charge in [-0.3, -0.25) is 23.5 Å². The van der Waals surface area contributed by atoms with Crippen molar-refractivity contribution in [3.8, 4) is 12.1 Å². The van der Waals surface area contributed by atoms with Crippen LogP contribution in [-0.4, -0.2) is 160 Å². The van der Waals surface area contributed by atoms with Crippen LogP contribution in [0.25, 0.3) is 0 Å². The molecule has 0 bridgehead atoms. The topological polar surface area (TPSA) is 245 Å². The molecule has 0 spiro atoms. The van der Waals surface area contributed by atoms with Gasteiger partial charge in [0, 0.05) is 88.7 Å². The van der Waals surface area contributed by atoms with Crippen LogP contribution in [0.5, 0.6) is 0 Å². The second-order valence-electron chi connectivity index (χ2n) is 21.3. The molecule has 5 N–H and O–H groups in total. The highest BCUT2D eigenvalue weighted by molar-refractivity contribution is 7.84. The second kappa shape index (κ2) is 28.4. The first-order chi connectivity index (χ1) is 35.4. The molecular formula is C53H80N16O5S. The van der Waals surface area contributed by atoms with Gasteiger partial charge in [0.25, 0.3) is 11.8 Å². The lowest BCUT2D eigenvalue weighted by Crippen LogP contribution is -2.33. The molecule has 2 aromatic heterocycles. The van der Waals surface area contributed by atoms with E-state index in [1.54, 1.807) is 30.3 Å². The van der Waals surface area contributed by atoms with E-state index in [0.717, 1.165) is 50.3 Å². The Morgan fingerprint density at radius 1 is 0.693 bits per heavy atom. The molecule has 22 heteroatoms. The van der Waals surface area contributed by atoms with Crippen LogP contribution >= 0.6 is 0 Å². The number of aryl methyl sites for hydroxylation is 2. The molecule has 2 aliphatic heterocycles. The molecule has 408 valence electrons. The summed E-state index contributed by atoms with van der Waals surface area (Å²) in [6.45, 7) is 26.2. The van der Waals surface area contributed by atoms with Gasteiger partial charge in [-0.25, -0.2) is 20.9 Å². The van der Waals surface area contributed by atoms with Gasteiger partial charge < -0.3 is 40.4 Å². The van der Waals surface area contributed by atoms with Crippen LogP contribution in [0.1, 0.15) is 97.4 Å². The lowest BCUT2D eigenvalue weighted by Gasteiger charge is -2.30. The minimum Gasteiger partial charge on any atom is -0.358 e. The smallest absolute Gasteiger partial charge is 0.274 e. The van der Waals surface area contributed by atoms with E-state index in [9.17, 15) is 24.3 Å². The van der Waals surface area contributed by atoms with Crippen molar-refractivity contribution < 1.29 is 23.5 Å². The summed E-state index contributed by atoms with van der Waals surface area (Å²) in [6.07, 6.45) is 3.79. The molecule has 75 heavy (non-hydrogen) atoms. The van der Waals surface area contributed by atoms with E-state index in [0.29, 0.717) is 64.6 Å². The molecular weight excluding hydrogens is 973 g/mol. The standard InChI is InChI=1S/C26H38N8O2.C21H28N6O3S.C6H14N2/c1-18-9-10-19(24(35)31-36-7)15-21(18)28-22-20(16-27)23(33(6)17-26(2,3)4)30-25(29-22)34-12-8-11-32(5)13-14-34;1-13-8-9-14(19(28)26-30-6)10-16(13)23-17-15(11-22)18(25-20(24-17)31(7)29)27(5)12-21(2,3)4;1-8-5-2-3-7-4-6-8/h9-10,15H,8,11-14,17H2,1-7H3,(H,31,35)(H,28,29,30);8-10H,12H2,1-7H3,(H,26,28)(H,23,24,25);7H,2-6H2,1H3. The number of carbonyl (C=O) groups excluding carboxylic acids is 2. The summed E-state index contributed by atoms with van der Waals surface area (Å²) in [4.78, 5) is 63.1. The lowest BCUT2D eigenvalue weighted by atomic mass is 9.96. The summed E-state index contributed by atoms with van der Waals surface area (Å²) < 4.78 is 12.2. The Labute approximate surface area is 447 Å². The number of aromatic nitrogens is 4. The van der Waals surface area contributed by atoms with Gasteiger partial charge in [0.2, 0.25) is 11.1 Å². The van der Waals surface area contributed by atoms with Crippen LogP contribution in [0, 0.1) is 47.3 Å². The molecule has 2 aliphatic rings. The number of carbonyl (C=O) groups is 2. The van der Waals surface area contributed by atoms with E-state index < -0.39 is 16.7 Å². The summed E-state index contributed by atoms with van der Waals surface area (Å²) in [6, 6.07) is 14.9. The Morgan fingerprint density at radius 2 is 1.17 bits per heavy atom. The quantitative estimate of drug-likeness (QED) is 0.0703. The van der Waals surface area contributed by atoms with Gasteiger partial charge >= 0.3 is 0 Å². The lowest BCUT2D eigenvalue weighted by molar-refractivity contribution is 0.0533. The minimum atomic E-state index is -1.46. The molecule has 2 fully saturated rings. The van der Waals surface area contributed by atoms with Gasteiger partial charge in [-0.15, -0.1) is 0 Å². The van der Waals surface area contributed by atoms with Crippen LogP contribution in [0.3, 0.4) is 0 Å². The Kier molecular flexibility index (Phi) is 23.1. The highest BCUT2D eigenvalue weighted by Crippen LogP contribution is 2.33. The first-order valence-electron chi connectivity index (χ1n) is 25.0. The van der Waals surface area contributed by atoms with E-state index in [4.69, 9.17) is 14.8 Å². The van der Waals surface area contributed by atoms with Gasteiger partial charge in [0.05, 0.1) is 25.0 Å². The van der Waals surface area contributed by atoms with Crippen molar-refractivity contribution in [2.45, 2.75) is 73.4 Å². The number of hydrogen-bond donors (Lipinski definition) is 5. The molecule has 0 saturated carbocycles. The van der Waals surface area contributed by atoms with Crippen LogP contribution in [-0.2, 0) is 20.5 Å². The largest absolute Gasteiger partial charge is 0.358 e. The molecule has 2 amide bonds. The summed E-state index contributed by atoms with van der Waals surface area (Å²) >= 11 is 0. The number of rotatable bonds is 14. The van der Waals surface area contributed by atoms with E-state index in [1.165, 1.54) is 46.5 Å². The first kappa shape index (κ1) is 61.0. The molecule has 21 nitrogen and oxygen atoms in total. The van der Waals surface area contributed by atoms with Crippen molar-refractivity contribution in [3.63, 3.8) is 0 Å². The van der Waals surface area contributed by atoms with Crippen LogP contribution in [0.4, 0.5) is 40.6 Å². The molecule has 6 rings (SSSR count). The fourth-order valence-corrected chi connectivity index (χ4v) is 8.66. The third kappa shape index (κ3) is 19.0. The zero-order chi connectivity index (χ0) is 55.6. The average molecular weight is 1050 g/mol. The van der Waals surface area contributed by atoms with Gasteiger partial charge in [0.1, 0.15) is 23.3 Å². The number of nitrogens with zero attached hydrogens (tertiary/aromatic N) is 11. The molecule has 1 atom stereocenters. The van der Waals surface area contributed by atoms with Crippen molar-refractivity contribution in [2.75, 3.05) is 139 Å². The molecule has 0 radical (unpaired) electrons. The fourth-order valence-electron chi connectivity index (χ4n) is 8.23. The van der Waals surface area contributed by atoms with E-state index >= 15 is 0 Å². The number of hydrogen-bond acceptors (Lipinski definition) is 19. The van der Waals surface area contributed by atoms with E-state index in [-0.39, 0.29) is 33.3 Å². The highest BCUT2D eigenvalue weighted by Gasteiger charge is 2.26. The predicted molar refractivity (Wildman–Crippen MR) is 298 cm³/mol. The van der Waals surface area contributed by atoms with Crippen molar-refractivity contribution >= 4 is 63.2 Å². The van der Waals surface area contributed by atoms with Crippen molar-refractivity contribution in [2.24, 2.45) is 10.8 Å². The van der Waals surface area contributed by atoms with E-state index in [2.05, 4.69) is 124 Å². The van der Waals surface area contributed by atoms with Crippen molar-refractivity contribution in [3.05, 3.63) is 69.8 Å². The number of likely N-dealkylation sites (N-methyl/N-ethyl adjacent to an activating group) is 2. The maximum Gasteiger partial charge on any atom is 0.274 e. The van der Waals surface area contributed by atoms with Gasteiger partial charge in [0.15, 0.2) is 23.3 Å². The van der Waals surface area contributed by atoms with Gasteiger partial charge in [-0.2, -0.15) is 20.5 Å². The zero-order valence-corrected chi connectivity index (χ0v) is 47.6. The monoisotopic (exact) mass is 1050 g/mol. The summed E-state index contributed by atoms with van der Waals surface area (Å²) in [5.74, 6) is 1.45. The summed E-state index contributed by atoms with van der Waals surface area (Å²) in [5, 5.41) is 30.0. The first-order valence-corrected chi connectivity index (χ1v) is 26.6. The number of nitrogens with one attached hydrogen (secondary N) is 5. The maximum atomic E-state index is 12.3. The Hall–Kier alpha value is -6.53. The average Bonchev–Trinajstić information content (AvgIpc) is 3.73. The fraction of sp³-hybridized carbons (Fsp3) is 0.547. The van der Waals surface area contributed by atoms with Crippen LogP contribution in [0.2, 0.25) is 0 Å². The van der Waals surface area contributed by atoms with Crippen molar-refractivity contribution in [1.29, 1.82) is 10.5 Å². The number of hydroxylamine groups is 2. The Morgan fingerprint density at radius 3 is 1.65 bits per heavy atom. The minimum absolute atomic E-state index is 0.00509. The predicted octanol–water partition coefficient (Wildman–Crippen LogP) is 6.14. The number of nitriles is 2. The SMILES string of the molecule is CN1CCCNCC1.CONC(=O)c1ccc(C)c(Nc2nc(N3CCCN(C)CC3)nc(N(C)CC(C)(C)C)c2C#N)c1.CONC(=O)c1ccc(C)c(Nc2nc(S(C)=O)nc(N(C)CC(C)(C)C)c2C#N)c1. The van der Waals surface area contributed by atoms with Gasteiger partial charge in [-0.1, -0.05) is 53.7 Å². The molecule has 1 unspecified atom stereocenters. The van der Waals surface area contributed by atoms with E-state index in [1.807, 2.05) is 43.8 Å². The molecule has 0 aliphatic carbocycles. The molecule has 4 aromatic rings. The Bertz CT molecular complexity index is 2670. The number of amides is 2. The van der Waals surface area contributed by atoms with Crippen molar-refractivity contribution in [1.82, 2.24) is 46.0 Å².